The molecule has 1 aliphatic carbocycles. The van der Waals surface area contributed by atoms with Crippen molar-refractivity contribution in [2.75, 3.05) is 6.61 Å². The minimum absolute atomic E-state index is 0.0670. The predicted molar refractivity (Wildman–Crippen MR) is 225 cm³/mol. The van der Waals surface area contributed by atoms with Crippen LogP contribution in [0.25, 0.3) is 10.8 Å². The van der Waals surface area contributed by atoms with Gasteiger partial charge in [-0.3, -0.25) is 24.2 Å². The van der Waals surface area contributed by atoms with Crippen molar-refractivity contribution in [1.82, 2.24) is 36.2 Å². The molecule has 318 valence electrons. The number of H-pyrrole nitrogens is 1. The molecule has 0 bridgehead atoms. The van der Waals surface area contributed by atoms with Crippen LogP contribution in [-0.2, 0) is 32.1 Å². The number of hydrogen-bond donors (Lipinski definition) is 7. The number of nitrogens with zero attached hydrogens (tertiary/aromatic N) is 2. The van der Waals surface area contributed by atoms with Crippen molar-refractivity contribution in [2.45, 2.75) is 116 Å². The number of amides is 4. The van der Waals surface area contributed by atoms with Crippen molar-refractivity contribution < 1.29 is 34.1 Å². The Balaban J connectivity index is 1.32. The highest BCUT2D eigenvalue weighted by Gasteiger charge is 2.41. The highest BCUT2D eigenvalue weighted by Crippen LogP contribution is 2.30. The zero-order chi connectivity index (χ0) is 42.3. The van der Waals surface area contributed by atoms with Crippen LogP contribution in [0.4, 0.5) is 0 Å². The molecule has 5 rings (SSSR count). The Morgan fingerprint density at radius 1 is 0.847 bits per heavy atom. The van der Waals surface area contributed by atoms with Crippen molar-refractivity contribution in [1.29, 1.82) is 0 Å². The summed E-state index contributed by atoms with van der Waals surface area (Å²) in [4.78, 5) is 66.3. The van der Waals surface area contributed by atoms with Gasteiger partial charge in [0.1, 0.15) is 23.9 Å². The summed E-state index contributed by atoms with van der Waals surface area (Å²) in [5.41, 5.74) is 1.40. The number of hydrogen-bond acceptors (Lipinski definition) is 9. The molecule has 2 aromatic carbocycles. The Hall–Kier alpha value is -5.34. The number of imidazole rings is 1. The molecule has 1 fully saturated rings. The van der Waals surface area contributed by atoms with Crippen LogP contribution in [0, 0.1) is 23.7 Å². The summed E-state index contributed by atoms with van der Waals surface area (Å²) in [7, 11) is 0. The van der Waals surface area contributed by atoms with E-state index >= 15 is 0 Å². The predicted octanol–water partition coefficient (Wildman–Crippen LogP) is 4.36. The fourth-order valence-electron chi connectivity index (χ4n) is 7.93. The lowest BCUT2D eigenvalue weighted by atomic mass is 9.79. The van der Waals surface area contributed by atoms with Crippen molar-refractivity contribution in [2.24, 2.45) is 23.7 Å². The van der Waals surface area contributed by atoms with Crippen LogP contribution >= 0.6 is 0 Å². The van der Waals surface area contributed by atoms with E-state index in [-0.39, 0.29) is 37.3 Å². The summed E-state index contributed by atoms with van der Waals surface area (Å²) < 4.78 is 5.91. The SMILES string of the molecule is CC[C@H](C)[C@H](NC(=O)[C@H](C(C)C)[C@@H](O)[C@H](O)[C@H](CC1CCCCC1)NC(=O)[C@H](Cc1cnc[nH]1)NC(=O)COc1cccc2ccccc12)C(=O)NCc1cccnc1. The minimum Gasteiger partial charge on any atom is -0.483 e. The second-order valence-corrected chi connectivity index (χ2v) is 16.2. The van der Waals surface area contributed by atoms with Gasteiger partial charge in [0, 0.05) is 42.6 Å². The van der Waals surface area contributed by atoms with Crippen molar-refractivity contribution in [3.63, 3.8) is 0 Å². The molecule has 0 unspecified atom stereocenters. The van der Waals surface area contributed by atoms with Crippen LogP contribution in [-0.4, -0.2) is 85.7 Å². The van der Waals surface area contributed by atoms with Crippen molar-refractivity contribution >= 4 is 34.4 Å². The Morgan fingerprint density at radius 3 is 2.31 bits per heavy atom. The van der Waals surface area contributed by atoms with E-state index < -0.39 is 59.9 Å². The van der Waals surface area contributed by atoms with Crippen LogP contribution in [0.3, 0.4) is 0 Å². The fourth-order valence-corrected chi connectivity index (χ4v) is 7.93. The number of aliphatic hydroxyl groups excluding tert-OH is 2. The quantitative estimate of drug-likeness (QED) is 0.0637. The van der Waals surface area contributed by atoms with E-state index in [2.05, 4.69) is 36.2 Å². The van der Waals surface area contributed by atoms with Gasteiger partial charge in [0.15, 0.2) is 6.61 Å². The number of aromatic amines is 1. The van der Waals surface area contributed by atoms with Crippen LogP contribution in [0.5, 0.6) is 5.75 Å². The summed E-state index contributed by atoms with van der Waals surface area (Å²) >= 11 is 0. The molecule has 14 nitrogen and oxygen atoms in total. The average Bonchev–Trinajstić information content (AvgIpc) is 3.76. The maximum atomic E-state index is 14.2. The number of aromatic nitrogens is 3. The molecule has 2 aromatic heterocycles. The number of benzene rings is 2. The lowest BCUT2D eigenvalue weighted by Gasteiger charge is -2.37. The molecule has 1 saturated carbocycles. The maximum absolute atomic E-state index is 14.2. The molecule has 0 radical (unpaired) electrons. The Bertz CT molecular complexity index is 1930. The van der Waals surface area contributed by atoms with Gasteiger partial charge < -0.3 is 41.2 Å². The molecule has 7 N–H and O–H groups in total. The standard InChI is InChI=1S/C45H61N7O7/c1-5-29(4)40(45(58)48-24-31-15-12-20-46-23-31)52-44(57)39(28(2)3)42(55)41(54)35(21-30-13-7-6-8-14-30)51-43(56)36(22-33-25-47-27-49-33)50-38(53)26-59-37-19-11-17-32-16-9-10-18-34(32)37/h9-12,15-20,23,25,27-30,35-36,39-42,54-55H,5-8,13-14,21-22,24,26H2,1-4H3,(H,47,49)(H,48,58)(H,50,53)(H,51,56)(H,52,57)/t29-,35-,36-,39+,40-,41+,42+/m0/s1. The first-order valence-electron chi connectivity index (χ1n) is 21.0. The minimum atomic E-state index is -1.60. The van der Waals surface area contributed by atoms with Crippen LogP contribution in [0.1, 0.15) is 83.9 Å². The molecule has 7 atom stereocenters. The number of carbonyl (C=O) groups is 4. The zero-order valence-corrected chi connectivity index (χ0v) is 34.6. The van der Waals surface area contributed by atoms with E-state index in [0.29, 0.717) is 24.3 Å². The first-order valence-corrected chi connectivity index (χ1v) is 21.0. The van der Waals surface area contributed by atoms with E-state index in [4.69, 9.17) is 4.74 Å². The van der Waals surface area contributed by atoms with Crippen LogP contribution in [0.15, 0.2) is 79.5 Å². The van der Waals surface area contributed by atoms with E-state index in [1.54, 1.807) is 44.6 Å². The first-order chi connectivity index (χ1) is 28.4. The summed E-state index contributed by atoms with van der Waals surface area (Å²) in [5, 5.41) is 37.3. The van der Waals surface area contributed by atoms with Gasteiger partial charge in [0.2, 0.25) is 17.7 Å². The van der Waals surface area contributed by atoms with Gasteiger partial charge in [0.25, 0.3) is 5.91 Å². The normalized spacial score (nSPS) is 16.9. The Morgan fingerprint density at radius 2 is 1.61 bits per heavy atom. The molecule has 14 heteroatoms. The van der Waals surface area contributed by atoms with Crippen LogP contribution < -0.4 is 26.0 Å². The number of rotatable bonds is 21. The lowest BCUT2D eigenvalue weighted by Crippen LogP contribution is -2.59. The number of ether oxygens (including phenoxy) is 1. The third-order valence-electron chi connectivity index (χ3n) is 11.5. The molecule has 2 heterocycles. The molecule has 4 amide bonds. The summed E-state index contributed by atoms with van der Waals surface area (Å²) in [6.07, 6.45) is 9.12. The van der Waals surface area contributed by atoms with E-state index in [0.717, 1.165) is 48.4 Å². The molecular formula is C45H61N7O7. The average molecular weight is 812 g/mol. The second kappa shape index (κ2) is 22.1. The maximum Gasteiger partial charge on any atom is 0.258 e. The smallest absolute Gasteiger partial charge is 0.258 e. The highest BCUT2D eigenvalue weighted by molar-refractivity contribution is 5.91. The van der Waals surface area contributed by atoms with Gasteiger partial charge in [-0.15, -0.1) is 0 Å². The number of fused-ring (bicyclic) bond motifs is 1. The van der Waals surface area contributed by atoms with Crippen molar-refractivity contribution in [3.8, 4) is 5.75 Å². The van der Waals surface area contributed by atoms with E-state index in [1.807, 2.05) is 56.3 Å². The third-order valence-corrected chi connectivity index (χ3v) is 11.5. The Kier molecular flexibility index (Phi) is 16.8. The first kappa shape index (κ1) is 44.8. The lowest BCUT2D eigenvalue weighted by molar-refractivity contribution is -0.141. The fraction of sp³-hybridized carbons (Fsp3) is 0.511. The van der Waals surface area contributed by atoms with Crippen molar-refractivity contribution in [3.05, 3.63) is 90.8 Å². The van der Waals surface area contributed by atoms with E-state index in [1.165, 1.54) is 6.33 Å². The summed E-state index contributed by atoms with van der Waals surface area (Å²) in [6, 6.07) is 13.9. The van der Waals surface area contributed by atoms with Gasteiger partial charge in [-0.25, -0.2) is 4.98 Å². The largest absolute Gasteiger partial charge is 0.483 e. The van der Waals surface area contributed by atoms with E-state index in [9.17, 15) is 29.4 Å². The third kappa shape index (κ3) is 12.8. The molecular weight excluding hydrogens is 751 g/mol. The number of carbonyl (C=O) groups excluding carboxylic acids is 4. The molecule has 0 saturated heterocycles. The summed E-state index contributed by atoms with van der Waals surface area (Å²) in [5.74, 6) is -3.17. The summed E-state index contributed by atoms with van der Waals surface area (Å²) in [6.45, 7) is 7.21. The van der Waals surface area contributed by atoms with Gasteiger partial charge in [0.05, 0.1) is 24.4 Å². The number of nitrogens with one attached hydrogen (secondary N) is 5. The Labute approximate surface area is 346 Å². The second-order valence-electron chi connectivity index (χ2n) is 16.2. The van der Waals surface area contributed by atoms with Gasteiger partial charge in [-0.2, -0.15) is 0 Å². The molecule has 1 aliphatic rings. The zero-order valence-electron chi connectivity index (χ0n) is 34.6. The van der Waals surface area contributed by atoms with Gasteiger partial charge in [-0.1, -0.05) is 109 Å². The van der Waals surface area contributed by atoms with Gasteiger partial charge in [-0.05, 0) is 47.3 Å². The molecule has 0 spiro atoms. The highest BCUT2D eigenvalue weighted by atomic mass is 16.5. The molecule has 0 aliphatic heterocycles. The number of aliphatic hydroxyl groups is 2. The molecule has 4 aromatic rings. The number of pyridine rings is 1. The van der Waals surface area contributed by atoms with Gasteiger partial charge >= 0.3 is 0 Å². The van der Waals surface area contributed by atoms with Crippen LogP contribution in [0.2, 0.25) is 0 Å². The molecule has 59 heavy (non-hydrogen) atoms. The topological polar surface area (TPSA) is 208 Å². The monoisotopic (exact) mass is 811 g/mol.